The number of hydrogen-bond donors (Lipinski definition) is 0. The molecule has 0 radical (unpaired) electrons. The van der Waals surface area contributed by atoms with Crippen molar-refractivity contribution >= 4 is 17.1 Å². The van der Waals surface area contributed by atoms with Gasteiger partial charge in [0.05, 0.1) is 21.5 Å². The van der Waals surface area contributed by atoms with Crippen molar-refractivity contribution in [3.05, 3.63) is 37.4 Å². The zero-order valence-electron chi connectivity index (χ0n) is 12.8. The Morgan fingerprint density at radius 1 is 1.18 bits per heavy atom. The molecule has 8 nitrogen and oxygen atoms in total. The van der Waals surface area contributed by atoms with E-state index in [1.54, 1.807) is 11.0 Å². The van der Waals surface area contributed by atoms with E-state index >= 15 is 0 Å². The summed E-state index contributed by atoms with van der Waals surface area (Å²) in [6, 6.07) is 2.91. The van der Waals surface area contributed by atoms with Crippen LogP contribution >= 0.6 is 0 Å². The van der Waals surface area contributed by atoms with Gasteiger partial charge in [-0.25, -0.2) is 0 Å². The number of anilines is 1. The molecule has 0 unspecified atom stereocenters. The Labute approximate surface area is 128 Å². The van der Waals surface area contributed by atoms with Crippen molar-refractivity contribution in [2.75, 3.05) is 18.0 Å². The lowest BCUT2D eigenvalue weighted by molar-refractivity contribution is -0.393. The predicted molar refractivity (Wildman–Crippen MR) is 82.0 cm³/mol. The molecule has 118 valence electrons. The number of benzene rings is 1. The molecule has 0 saturated carbocycles. The molecule has 0 spiro atoms. The molecule has 0 aliphatic heterocycles. The molecular weight excluding hydrogens is 288 g/mol. The molecule has 1 rings (SSSR count). The third kappa shape index (κ3) is 3.31. The number of nitrogens with zero attached hydrogens (tertiary/aromatic N) is 4. The molecule has 0 heterocycles. The van der Waals surface area contributed by atoms with E-state index in [-0.39, 0.29) is 22.5 Å². The number of nitro benzene ring substituents is 2. The van der Waals surface area contributed by atoms with Crippen molar-refractivity contribution < 1.29 is 9.85 Å². The van der Waals surface area contributed by atoms with Crippen molar-refractivity contribution in [2.45, 2.75) is 33.6 Å². The highest BCUT2D eigenvalue weighted by Gasteiger charge is 2.33. The third-order valence-corrected chi connectivity index (χ3v) is 3.31. The molecule has 22 heavy (non-hydrogen) atoms. The monoisotopic (exact) mass is 306 g/mol. The van der Waals surface area contributed by atoms with Gasteiger partial charge < -0.3 is 4.90 Å². The van der Waals surface area contributed by atoms with E-state index in [0.29, 0.717) is 25.9 Å². The van der Waals surface area contributed by atoms with Gasteiger partial charge in [-0.05, 0) is 19.8 Å². The van der Waals surface area contributed by atoms with Gasteiger partial charge in [-0.1, -0.05) is 13.8 Å². The van der Waals surface area contributed by atoms with E-state index in [1.165, 1.54) is 6.92 Å². The lowest BCUT2D eigenvalue weighted by Crippen LogP contribution is -2.27. The van der Waals surface area contributed by atoms with Gasteiger partial charge in [-0.2, -0.15) is 5.26 Å². The summed E-state index contributed by atoms with van der Waals surface area (Å²) < 4.78 is 0. The van der Waals surface area contributed by atoms with E-state index in [0.717, 1.165) is 6.07 Å². The summed E-state index contributed by atoms with van der Waals surface area (Å²) in [5, 5.41) is 31.8. The second-order valence-electron chi connectivity index (χ2n) is 4.88. The Morgan fingerprint density at radius 2 is 1.73 bits per heavy atom. The van der Waals surface area contributed by atoms with Gasteiger partial charge >= 0.3 is 11.4 Å². The first-order valence-corrected chi connectivity index (χ1v) is 7.00. The number of nitriles is 1. The van der Waals surface area contributed by atoms with Crippen LogP contribution in [0.3, 0.4) is 0 Å². The highest BCUT2D eigenvalue weighted by Crippen LogP contribution is 2.41. The molecule has 0 atom stereocenters. The molecule has 0 bridgehead atoms. The first kappa shape index (κ1) is 17.4. The summed E-state index contributed by atoms with van der Waals surface area (Å²) in [5.74, 6) is 0. The second kappa shape index (κ2) is 7.36. The minimum atomic E-state index is -0.666. The van der Waals surface area contributed by atoms with Crippen LogP contribution in [0.2, 0.25) is 0 Å². The van der Waals surface area contributed by atoms with Gasteiger partial charge in [-0.15, -0.1) is 0 Å². The molecule has 0 aromatic heterocycles. The predicted octanol–water partition coefficient (Wildman–Crippen LogP) is 3.31. The SMILES string of the molecule is CCCN(CCC)c1c([N+](=O)[O-])cc(C#N)c(C)c1[N+](=O)[O-]. The zero-order chi connectivity index (χ0) is 16.9. The lowest BCUT2D eigenvalue weighted by Gasteiger charge is -2.23. The average molecular weight is 306 g/mol. The molecule has 0 saturated heterocycles. The van der Waals surface area contributed by atoms with Crippen molar-refractivity contribution in [1.82, 2.24) is 0 Å². The highest BCUT2D eigenvalue weighted by molar-refractivity contribution is 5.80. The summed E-state index contributed by atoms with van der Waals surface area (Å²) in [5.41, 5.74) is -0.640. The Morgan fingerprint density at radius 3 is 2.09 bits per heavy atom. The van der Waals surface area contributed by atoms with Crippen LogP contribution in [-0.2, 0) is 0 Å². The normalized spacial score (nSPS) is 10.1. The number of hydrogen-bond acceptors (Lipinski definition) is 6. The van der Waals surface area contributed by atoms with Crippen LogP contribution in [-0.4, -0.2) is 22.9 Å². The number of nitro groups is 2. The van der Waals surface area contributed by atoms with Gasteiger partial charge in [0.15, 0.2) is 5.69 Å². The van der Waals surface area contributed by atoms with Gasteiger partial charge in [0.25, 0.3) is 0 Å². The maximum atomic E-state index is 11.4. The fourth-order valence-electron chi connectivity index (χ4n) is 2.41. The summed E-state index contributed by atoms with van der Waals surface area (Å²) in [6.45, 7) is 6.19. The fourth-order valence-corrected chi connectivity index (χ4v) is 2.41. The summed E-state index contributed by atoms with van der Waals surface area (Å²) >= 11 is 0. The van der Waals surface area contributed by atoms with Gasteiger partial charge in [-0.3, -0.25) is 20.2 Å². The maximum absolute atomic E-state index is 11.4. The van der Waals surface area contributed by atoms with Gasteiger partial charge in [0.1, 0.15) is 0 Å². The molecule has 0 aliphatic rings. The molecular formula is C14H18N4O4. The van der Waals surface area contributed by atoms with Crippen LogP contribution in [0.15, 0.2) is 6.07 Å². The zero-order valence-corrected chi connectivity index (χ0v) is 12.8. The Hall–Kier alpha value is -2.69. The van der Waals surface area contributed by atoms with Crippen molar-refractivity contribution in [3.8, 4) is 6.07 Å². The van der Waals surface area contributed by atoms with Crippen LogP contribution in [0.4, 0.5) is 17.1 Å². The molecule has 0 amide bonds. The van der Waals surface area contributed by atoms with Crippen LogP contribution in [0, 0.1) is 38.5 Å². The third-order valence-electron chi connectivity index (χ3n) is 3.31. The van der Waals surface area contributed by atoms with Crippen molar-refractivity contribution in [1.29, 1.82) is 5.26 Å². The average Bonchev–Trinajstić information content (AvgIpc) is 2.45. The Balaban J connectivity index is 3.77. The minimum absolute atomic E-state index is 0.00444. The quantitative estimate of drug-likeness (QED) is 0.564. The van der Waals surface area contributed by atoms with E-state index in [4.69, 9.17) is 5.26 Å². The molecule has 1 aromatic rings. The molecule has 1 aromatic carbocycles. The van der Waals surface area contributed by atoms with E-state index in [1.807, 2.05) is 13.8 Å². The first-order valence-electron chi connectivity index (χ1n) is 7.00. The highest BCUT2D eigenvalue weighted by atomic mass is 16.6. The largest absolute Gasteiger partial charge is 0.360 e. The molecule has 0 aliphatic carbocycles. The Kier molecular flexibility index (Phi) is 5.81. The smallest absolute Gasteiger partial charge is 0.303 e. The topological polar surface area (TPSA) is 113 Å². The lowest BCUT2D eigenvalue weighted by atomic mass is 10.0. The molecule has 0 fully saturated rings. The van der Waals surface area contributed by atoms with Gasteiger partial charge in [0.2, 0.25) is 0 Å². The van der Waals surface area contributed by atoms with Crippen molar-refractivity contribution in [3.63, 3.8) is 0 Å². The summed E-state index contributed by atoms with van der Waals surface area (Å²) in [6.07, 6.45) is 1.40. The van der Waals surface area contributed by atoms with E-state index in [9.17, 15) is 20.2 Å². The van der Waals surface area contributed by atoms with Crippen LogP contribution < -0.4 is 4.90 Å². The molecule has 8 heteroatoms. The van der Waals surface area contributed by atoms with E-state index < -0.39 is 15.5 Å². The second-order valence-corrected chi connectivity index (χ2v) is 4.88. The van der Waals surface area contributed by atoms with Crippen LogP contribution in [0.5, 0.6) is 0 Å². The van der Waals surface area contributed by atoms with E-state index in [2.05, 4.69) is 0 Å². The molecule has 0 N–H and O–H groups in total. The van der Waals surface area contributed by atoms with Gasteiger partial charge in [0, 0.05) is 24.7 Å². The number of rotatable bonds is 7. The fraction of sp³-hybridized carbons (Fsp3) is 0.500. The van der Waals surface area contributed by atoms with Crippen molar-refractivity contribution in [2.24, 2.45) is 0 Å². The van der Waals surface area contributed by atoms with Crippen LogP contribution in [0.25, 0.3) is 0 Å². The standard InChI is InChI=1S/C14H18N4O4/c1-4-6-16(7-5-2)14-12(17(19)20)8-11(9-15)10(3)13(14)18(21)22/h8H,4-7H2,1-3H3. The first-order chi connectivity index (χ1) is 10.4. The summed E-state index contributed by atoms with van der Waals surface area (Å²) in [4.78, 5) is 23.1. The summed E-state index contributed by atoms with van der Waals surface area (Å²) in [7, 11) is 0. The maximum Gasteiger partial charge on any atom is 0.303 e. The minimum Gasteiger partial charge on any atom is -0.360 e. The Bertz CT molecular complexity index is 631. The van der Waals surface area contributed by atoms with Crippen LogP contribution in [0.1, 0.15) is 37.8 Å².